The van der Waals surface area contributed by atoms with Crippen LogP contribution in [0.25, 0.3) is 0 Å². The van der Waals surface area contributed by atoms with E-state index in [1.165, 1.54) is 4.91 Å². The van der Waals surface area contributed by atoms with E-state index in [0.717, 1.165) is 29.9 Å². The molecule has 2 atom stereocenters. The summed E-state index contributed by atoms with van der Waals surface area (Å²) in [5, 5.41) is 5.36. The molecule has 1 aromatic rings. The van der Waals surface area contributed by atoms with Crippen LogP contribution < -0.4 is 15.4 Å². The number of carbonyl (C=O) groups is 3. The van der Waals surface area contributed by atoms with Crippen molar-refractivity contribution in [3.05, 3.63) is 65.1 Å². The highest BCUT2D eigenvalue weighted by molar-refractivity contribution is 8.02. The molecule has 0 heterocycles. The first kappa shape index (κ1) is 32.6. The molecule has 204 valence electrons. The van der Waals surface area contributed by atoms with Crippen LogP contribution in [0.5, 0.6) is 5.75 Å². The number of allylic oxidation sites excluding steroid dienone is 5. The minimum absolute atomic E-state index is 0.165. The molecule has 0 aliphatic rings. The molecule has 8 heteroatoms. The quantitative estimate of drug-likeness (QED) is 0.0768. The minimum Gasteiger partial charge on any atom is -0.425 e. The molecule has 0 radical (unpaired) electrons. The number of carbonyl (C=O) groups excluding carboxylic acids is 3. The molecule has 6 nitrogen and oxygen atoms in total. The van der Waals surface area contributed by atoms with Crippen molar-refractivity contribution in [2.75, 3.05) is 12.0 Å². The van der Waals surface area contributed by atoms with Gasteiger partial charge in [0.05, 0.1) is 0 Å². The topological polar surface area (TPSA) is 84.5 Å². The van der Waals surface area contributed by atoms with Crippen LogP contribution in [0.2, 0.25) is 0 Å². The number of hydrogen-bond donors (Lipinski definition) is 2. The number of nitrogens with one attached hydrogen (secondary N) is 2. The maximum absolute atomic E-state index is 13.0. The second-order valence-corrected chi connectivity index (χ2v) is 11.0. The molecule has 0 saturated heterocycles. The average Bonchev–Trinajstić information content (AvgIpc) is 2.87. The zero-order chi connectivity index (χ0) is 27.5. The van der Waals surface area contributed by atoms with Crippen molar-refractivity contribution in [1.82, 2.24) is 10.6 Å². The molecule has 2 amide bonds. The van der Waals surface area contributed by atoms with Crippen LogP contribution in [0, 0.1) is 5.92 Å². The van der Waals surface area contributed by atoms with E-state index < -0.39 is 18.1 Å². The van der Waals surface area contributed by atoms with Crippen LogP contribution in [0.1, 0.15) is 58.9 Å². The van der Waals surface area contributed by atoms with Gasteiger partial charge in [0.2, 0.25) is 12.3 Å². The van der Waals surface area contributed by atoms with Crippen LogP contribution >= 0.6 is 23.5 Å². The summed E-state index contributed by atoms with van der Waals surface area (Å²) in [4.78, 5) is 38.0. The van der Waals surface area contributed by atoms with Gasteiger partial charge in [-0.25, -0.2) is 4.79 Å². The Hall–Kier alpha value is -2.45. The highest BCUT2D eigenvalue weighted by Gasteiger charge is 2.27. The number of rotatable bonds is 18. The van der Waals surface area contributed by atoms with Gasteiger partial charge in [0.15, 0.2) is 0 Å². The Morgan fingerprint density at radius 3 is 2.43 bits per heavy atom. The van der Waals surface area contributed by atoms with Crippen LogP contribution in [0.15, 0.2) is 59.6 Å². The van der Waals surface area contributed by atoms with Crippen molar-refractivity contribution >= 4 is 41.8 Å². The predicted octanol–water partition coefficient (Wildman–Crippen LogP) is 6.04. The summed E-state index contributed by atoms with van der Waals surface area (Å²) in [5.74, 6) is 1.40. The number of esters is 1. The van der Waals surface area contributed by atoms with E-state index in [-0.39, 0.29) is 11.8 Å². The second kappa shape index (κ2) is 19.6. The number of benzene rings is 1. The third-order valence-corrected chi connectivity index (χ3v) is 7.06. The van der Waals surface area contributed by atoms with Gasteiger partial charge in [-0.1, -0.05) is 57.2 Å². The van der Waals surface area contributed by atoms with Crippen molar-refractivity contribution in [2.45, 2.75) is 71.2 Å². The standard InChI is InChI=1S/C29H42N2O4S2/c1-6-8-9-12-25(11-7-2)37-20-23-14-16-24(17-15-23)35-29(34)27(19-22(3)4)31-28(33)26(30-21-32)13-10-18-36-5/h6,8-9,11-12,14-17,21-22,26-27H,7,10,13,18-20H2,1-5H3,(H,30,32)(H,31,33)/b8-6-,12-9-,25-11-/t26-,27-/m0/s1. The summed E-state index contributed by atoms with van der Waals surface area (Å²) in [6, 6.07) is 5.97. The SMILES string of the molecule is C\C=C/C=C\C(=C\CC)SCc1ccc(OC(=O)[C@H](CC(C)C)NC(=O)[C@H](CCCSC)NC=O)cc1. The van der Waals surface area contributed by atoms with E-state index in [0.29, 0.717) is 25.0 Å². The average molecular weight is 547 g/mol. The lowest BCUT2D eigenvalue weighted by Crippen LogP contribution is -2.51. The van der Waals surface area contributed by atoms with Crippen molar-refractivity contribution in [2.24, 2.45) is 5.92 Å². The van der Waals surface area contributed by atoms with Crippen molar-refractivity contribution in [3.63, 3.8) is 0 Å². The smallest absolute Gasteiger partial charge is 0.334 e. The van der Waals surface area contributed by atoms with Gasteiger partial charge in [-0.2, -0.15) is 11.8 Å². The second-order valence-electron chi connectivity index (χ2n) is 8.92. The van der Waals surface area contributed by atoms with E-state index >= 15 is 0 Å². The molecule has 37 heavy (non-hydrogen) atoms. The third-order valence-electron chi connectivity index (χ3n) is 5.25. The number of ether oxygens (including phenoxy) is 1. The molecular weight excluding hydrogens is 504 g/mol. The lowest BCUT2D eigenvalue weighted by Gasteiger charge is -2.22. The van der Waals surface area contributed by atoms with Gasteiger partial charge >= 0.3 is 5.97 Å². The lowest BCUT2D eigenvalue weighted by atomic mass is 10.0. The zero-order valence-corrected chi connectivity index (χ0v) is 24.3. The Morgan fingerprint density at radius 1 is 1.11 bits per heavy atom. The van der Waals surface area contributed by atoms with Gasteiger partial charge in [-0.15, -0.1) is 11.8 Å². The Balaban J connectivity index is 2.80. The molecule has 1 rings (SSSR count). The van der Waals surface area contributed by atoms with Crippen LogP contribution in [0.3, 0.4) is 0 Å². The van der Waals surface area contributed by atoms with E-state index in [4.69, 9.17) is 4.74 Å². The maximum Gasteiger partial charge on any atom is 0.334 e. The van der Waals surface area contributed by atoms with Crippen molar-refractivity contribution < 1.29 is 19.1 Å². The molecule has 0 aromatic heterocycles. The summed E-state index contributed by atoms with van der Waals surface area (Å²) in [5.41, 5.74) is 1.12. The predicted molar refractivity (Wildman–Crippen MR) is 158 cm³/mol. The molecule has 0 fully saturated rings. The first-order chi connectivity index (χ1) is 17.8. The normalized spacial score (nSPS) is 13.6. The highest BCUT2D eigenvalue weighted by atomic mass is 32.2. The van der Waals surface area contributed by atoms with Gasteiger partial charge in [0, 0.05) is 10.7 Å². The molecule has 2 N–H and O–H groups in total. The van der Waals surface area contributed by atoms with Crippen LogP contribution in [0.4, 0.5) is 0 Å². The number of amides is 2. The summed E-state index contributed by atoms with van der Waals surface area (Å²) in [6.45, 7) is 8.07. The fraction of sp³-hybridized carbons (Fsp3) is 0.483. The fourth-order valence-corrected chi connectivity index (χ4v) is 4.85. The highest BCUT2D eigenvalue weighted by Crippen LogP contribution is 2.24. The summed E-state index contributed by atoms with van der Waals surface area (Å²) < 4.78 is 5.62. The zero-order valence-electron chi connectivity index (χ0n) is 22.7. The van der Waals surface area contributed by atoms with Gasteiger partial charge in [-0.05, 0) is 74.3 Å². The lowest BCUT2D eigenvalue weighted by molar-refractivity contribution is -0.140. The molecule has 0 spiro atoms. The summed E-state index contributed by atoms with van der Waals surface area (Å²) in [6.07, 6.45) is 15.5. The molecule has 0 bridgehead atoms. The third kappa shape index (κ3) is 14.2. The molecule has 1 aromatic carbocycles. The maximum atomic E-state index is 13.0. The van der Waals surface area contributed by atoms with E-state index in [1.54, 1.807) is 35.7 Å². The van der Waals surface area contributed by atoms with Crippen LogP contribution in [-0.4, -0.2) is 42.4 Å². The van der Waals surface area contributed by atoms with Gasteiger partial charge in [-0.3, -0.25) is 9.59 Å². The first-order valence-corrected chi connectivity index (χ1v) is 15.1. The van der Waals surface area contributed by atoms with Crippen LogP contribution in [-0.2, 0) is 20.1 Å². The van der Waals surface area contributed by atoms with Crippen molar-refractivity contribution in [1.29, 1.82) is 0 Å². The van der Waals surface area contributed by atoms with E-state index in [9.17, 15) is 14.4 Å². The Labute approximate surface area is 231 Å². The Morgan fingerprint density at radius 2 is 1.84 bits per heavy atom. The van der Waals surface area contributed by atoms with Gasteiger partial charge in [0.1, 0.15) is 17.8 Å². The van der Waals surface area contributed by atoms with E-state index in [2.05, 4.69) is 29.7 Å². The van der Waals surface area contributed by atoms with Crippen molar-refractivity contribution in [3.8, 4) is 5.75 Å². The Kier molecular flexibility index (Phi) is 17.3. The summed E-state index contributed by atoms with van der Waals surface area (Å²) >= 11 is 3.44. The van der Waals surface area contributed by atoms with Gasteiger partial charge in [0.25, 0.3) is 0 Å². The number of hydrogen-bond acceptors (Lipinski definition) is 6. The first-order valence-electron chi connectivity index (χ1n) is 12.8. The molecule has 0 saturated carbocycles. The number of thioether (sulfide) groups is 2. The Bertz CT molecular complexity index is 911. The monoisotopic (exact) mass is 546 g/mol. The molecule has 0 aliphatic heterocycles. The van der Waals surface area contributed by atoms with E-state index in [1.807, 2.05) is 57.4 Å². The fourth-order valence-electron chi connectivity index (χ4n) is 3.41. The summed E-state index contributed by atoms with van der Waals surface area (Å²) in [7, 11) is 0. The molecular formula is C29H42N2O4S2. The minimum atomic E-state index is -0.801. The molecule has 0 aliphatic carbocycles. The largest absolute Gasteiger partial charge is 0.425 e. The molecule has 0 unspecified atom stereocenters. The van der Waals surface area contributed by atoms with Gasteiger partial charge < -0.3 is 15.4 Å².